The molecule has 19 heavy (non-hydrogen) atoms. The lowest BCUT2D eigenvalue weighted by Crippen LogP contribution is -1.98. The Morgan fingerprint density at radius 3 is 2.47 bits per heavy atom. The maximum Gasteiger partial charge on any atom is 0.167 e. The van der Waals surface area contributed by atoms with E-state index in [1.54, 1.807) is 10.9 Å². The second kappa shape index (κ2) is 5.27. The van der Waals surface area contributed by atoms with E-state index in [0.29, 0.717) is 0 Å². The van der Waals surface area contributed by atoms with Crippen LogP contribution in [0.4, 0.5) is 0 Å². The van der Waals surface area contributed by atoms with Crippen molar-refractivity contribution < 1.29 is 0 Å². The van der Waals surface area contributed by atoms with Gasteiger partial charge in [0.1, 0.15) is 0 Å². The molecule has 0 unspecified atom stereocenters. The summed E-state index contributed by atoms with van der Waals surface area (Å²) in [7, 11) is 0. The molecule has 0 bridgehead atoms. The molecule has 0 radical (unpaired) electrons. The number of aromatic nitrogens is 3. The van der Waals surface area contributed by atoms with Crippen molar-refractivity contribution in [2.45, 2.75) is 0 Å². The molecule has 3 rings (SSSR count). The van der Waals surface area contributed by atoms with Crippen molar-refractivity contribution in [2.75, 3.05) is 0 Å². The fraction of sp³-hybridized carbons (Fsp3) is 0. The summed E-state index contributed by atoms with van der Waals surface area (Å²) in [5.74, 6) is 0.769. The van der Waals surface area contributed by atoms with E-state index in [4.69, 9.17) is 0 Å². The summed E-state index contributed by atoms with van der Waals surface area (Å²) in [4.78, 5) is 4.36. The van der Waals surface area contributed by atoms with E-state index in [1.807, 2.05) is 36.7 Å². The molecule has 0 saturated carbocycles. The van der Waals surface area contributed by atoms with E-state index in [-0.39, 0.29) is 0 Å². The first-order valence-electron chi connectivity index (χ1n) is 5.65. The topological polar surface area (TPSA) is 30.7 Å². The molecule has 3 nitrogen and oxygen atoms in total. The molecule has 0 amide bonds. The average molecular weight is 379 g/mol. The Labute approximate surface area is 127 Å². The predicted octanol–water partition coefficient (Wildman–Crippen LogP) is 4.46. The highest BCUT2D eigenvalue weighted by atomic mass is 79.9. The SMILES string of the molecule is Brc1cnc(-n2cc(-c3ccccc3)cn2)c(Br)c1. The van der Waals surface area contributed by atoms with Crippen LogP contribution in [0.25, 0.3) is 16.9 Å². The monoisotopic (exact) mass is 377 g/mol. The van der Waals surface area contributed by atoms with Gasteiger partial charge < -0.3 is 0 Å². The summed E-state index contributed by atoms with van der Waals surface area (Å²) in [6.45, 7) is 0. The van der Waals surface area contributed by atoms with Crippen molar-refractivity contribution in [3.05, 3.63) is 63.9 Å². The average Bonchev–Trinajstić information content (AvgIpc) is 2.89. The van der Waals surface area contributed by atoms with Gasteiger partial charge in [-0.25, -0.2) is 9.67 Å². The van der Waals surface area contributed by atoms with Gasteiger partial charge in [-0.2, -0.15) is 5.10 Å². The summed E-state index contributed by atoms with van der Waals surface area (Å²) in [5.41, 5.74) is 2.21. The first kappa shape index (κ1) is 12.6. The molecular formula is C14H9Br2N3. The fourth-order valence-corrected chi connectivity index (χ4v) is 2.96. The zero-order valence-corrected chi connectivity index (χ0v) is 13.0. The van der Waals surface area contributed by atoms with Crippen molar-refractivity contribution in [3.63, 3.8) is 0 Å². The van der Waals surface area contributed by atoms with Crippen molar-refractivity contribution in [2.24, 2.45) is 0 Å². The quantitative estimate of drug-likeness (QED) is 0.659. The Kier molecular flexibility index (Phi) is 3.48. The highest BCUT2D eigenvalue weighted by molar-refractivity contribution is 9.11. The zero-order chi connectivity index (χ0) is 13.2. The molecule has 0 aliphatic heterocycles. The second-order valence-electron chi connectivity index (χ2n) is 4.00. The van der Waals surface area contributed by atoms with Gasteiger partial charge >= 0.3 is 0 Å². The molecule has 94 valence electrons. The maximum absolute atomic E-state index is 4.36. The minimum Gasteiger partial charge on any atom is -0.235 e. The standard InChI is InChI=1S/C14H9Br2N3/c15-12-6-13(16)14(17-8-12)19-9-11(7-18-19)10-4-2-1-3-5-10/h1-9H. The summed E-state index contributed by atoms with van der Waals surface area (Å²) in [6.07, 6.45) is 5.56. The molecule has 1 aromatic carbocycles. The lowest BCUT2D eigenvalue weighted by Gasteiger charge is -2.03. The maximum atomic E-state index is 4.36. The number of hydrogen-bond donors (Lipinski definition) is 0. The molecule has 5 heteroatoms. The highest BCUT2D eigenvalue weighted by Gasteiger charge is 2.07. The molecule has 0 saturated heterocycles. The summed E-state index contributed by atoms with van der Waals surface area (Å²) < 4.78 is 3.59. The van der Waals surface area contributed by atoms with E-state index >= 15 is 0 Å². The number of rotatable bonds is 2. The smallest absolute Gasteiger partial charge is 0.167 e. The fourth-order valence-electron chi connectivity index (χ4n) is 1.79. The van der Waals surface area contributed by atoms with Gasteiger partial charge in [-0.05, 0) is 43.5 Å². The van der Waals surface area contributed by atoms with Gasteiger partial charge in [0, 0.05) is 22.4 Å². The van der Waals surface area contributed by atoms with Crippen LogP contribution in [-0.4, -0.2) is 14.8 Å². The van der Waals surface area contributed by atoms with Crippen LogP contribution < -0.4 is 0 Å². The molecule has 0 fully saturated rings. The molecular weight excluding hydrogens is 370 g/mol. The Morgan fingerprint density at radius 1 is 0.947 bits per heavy atom. The van der Waals surface area contributed by atoms with Crippen molar-refractivity contribution in [3.8, 4) is 16.9 Å². The summed E-state index contributed by atoms with van der Waals surface area (Å²) in [6, 6.07) is 12.1. The molecule has 0 aliphatic rings. The molecule has 0 atom stereocenters. The van der Waals surface area contributed by atoms with Gasteiger partial charge in [0.05, 0.1) is 10.7 Å². The van der Waals surface area contributed by atoms with E-state index in [1.165, 1.54) is 0 Å². The van der Waals surface area contributed by atoms with Gasteiger partial charge in [0.15, 0.2) is 5.82 Å². The van der Waals surface area contributed by atoms with Gasteiger partial charge in [0.25, 0.3) is 0 Å². The number of benzene rings is 1. The summed E-state index contributed by atoms with van der Waals surface area (Å²) >= 11 is 6.88. The Balaban J connectivity index is 2.02. The zero-order valence-electron chi connectivity index (χ0n) is 9.79. The van der Waals surface area contributed by atoms with Gasteiger partial charge in [-0.3, -0.25) is 0 Å². The van der Waals surface area contributed by atoms with E-state index in [2.05, 4.69) is 54.1 Å². The molecule has 2 heterocycles. The lowest BCUT2D eigenvalue weighted by molar-refractivity contribution is 0.841. The predicted molar refractivity (Wildman–Crippen MR) is 82.2 cm³/mol. The normalized spacial score (nSPS) is 10.6. The van der Waals surface area contributed by atoms with Crippen LogP contribution in [0.2, 0.25) is 0 Å². The van der Waals surface area contributed by atoms with Crippen molar-refractivity contribution in [1.29, 1.82) is 0 Å². The van der Waals surface area contributed by atoms with Gasteiger partial charge in [0.2, 0.25) is 0 Å². The van der Waals surface area contributed by atoms with Crippen LogP contribution in [0.15, 0.2) is 63.9 Å². The third-order valence-corrected chi connectivity index (χ3v) is 3.71. The van der Waals surface area contributed by atoms with E-state index in [0.717, 1.165) is 25.9 Å². The number of nitrogens with zero attached hydrogens (tertiary/aromatic N) is 3. The number of pyridine rings is 1. The Bertz CT molecular complexity index is 708. The summed E-state index contributed by atoms with van der Waals surface area (Å²) in [5, 5.41) is 4.36. The first-order valence-corrected chi connectivity index (χ1v) is 7.24. The molecule has 0 spiro atoms. The lowest BCUT2D eigenvalue weighted by atomic mass is 10.1. The molecule has 2 aromatic heterocycles. The molecule has 3 aromatic rings. The second-order valence-corrected chi connectivity index (χ2v) is 5.77. The highest BCUT2D eigenvalue weighted by Crippen LogP contribution is 2.24. The first-order chi connectivity index (χ1) is 9.24. The molecule has 0 aliphatic carbocycles. The number of halogens is 2. The van der Waals surface area contributed by atoms with Crippen LogP contribution >= 0.6 is 31.9 Å². The van der Waals surface area contributed by atoms with E-state index < -0.39 is 0 Å². The van der Waals surface area contributed by atoms with Gasteiger partial charge in [-0.15, -0.1) is 0 Å². The van der Waals surface area contributed by atoms with Crippen LogP contribution in [0, 0.1) is 0 Å². The third-order valence-electron chi connectivity index (χ3n) is 2.70. The molecule has 0 N–H and O–H groups in total. The Hall–Kier alpha value is -1.46. The van der Waals surface area contributed by atoms with Crippen molar-refractivity contribution >= 4 is 31.9 Å². The minimum atomic E-state index is 0.769. The number of hydrogen-bond acceptors (Lipinski definition) is 2. The van der Waals surface area contributed by atoms with Gasteiger partial charge in [-0.1, -0.05) is 30.3 Å². The van der Waals surface area contributed by atoms with Crippen LogP contribution in [-0.2, 0) is 0 Å². The third kappa shape index (κ3) is 2.62. The van der Waals surface area contributed by atoms with Crippen LogP contribution in [0.5, 0.6) is 0 Å². The minimum absolute atomic E-state index is 0.769. The van der Waals surface area contributed by atoms with Crippen molar-refractivity contribution in [1.82, 2.24) is 14.8 Å². The Morgan fingerprint density at radius 2 is 1.74 bits per heavy atom. The van der Waals surface area contributed by atoms with Crippen LogP contribution in [0.1, 0.15) is 0 Å². The largest absolute Gasteiger partial charge is 0.235 e. The van der Waals surface area contributed by atoms with Crippen LogP contribution in [0.3, 0.4) is 0 Å². The van der Waals surface area contributed by atoms with E-state index in [9.17, 15) is 0 Å².